The topological polar surface area (TPSA) is 41.1 Å². The summed E-state index contributed by atoms with van der Waals surface area (Å²) in [4.78, 5) is 2.35. The molecule has 2 heterocycles. The van der Waals surface area contributed by atoms with Crippen LogP contribution in [-0.4, -0.2) is 30.3 Å². The quantitative estimate of drug-likeness (QED) is 0.933. The van der Waals surface area contributed by atoms with E-state index >= 15 is 0 Å². The van der Waals surface area contributed by atoms with E-state index < -0.39 is 0 Å². The fourth-order valence-corrected chi connectivity index (χ4v) is 3.25. The van der Waals surface area contributed by atoms with E-state index in [1.165, 1.54) is 19.3 Å². The van der Waals surface area contributed by atoms with Crippen molar-refractivity contribution in [3.63, 3.8) is 0 Å². The fraction of sp³-hybridized carbons (Fsp3) is 0.429. The van der Waals surface area contributed by atoms with Crippen molar-refractivity contribution in [1.82, 2.24) is 10.2 Å². The second-order valence-electron chi connectivity index (χ2n) is 4.77. The number of anilines is 2. The zero-order chi connectivity index (χ0) is 13.1. The normalized spacial score (nSPS) is 15.5. The molecule has 0 saturated carbocycles. The first kappa shape index (κ1) is 12.4. The summed E-state index contributed by atoms with van der Waals surface area (Å²) < 4.78 is 0. The lowest BCUT2D eigenvalue weighted by Crippen LogP contribution is -2.29. The first-order valence-corrected chi connectivity index (χ1v) is 7.55. The summed E-state index contributed by atoms with van der Waals surface area (Å²) in [7, 11) is 1.93. The lowest BCUT2D eigenvalue weighted by molar-refractivity contribution is 0.575. The summed E-state index contributed by atoms with van der Waals surface area (Å²) >= 11 is 1.69. The summed E-state index contributed by atoms with van der Waals surface area (Å²) in [6.45, 7) is 2.23. The fourth-order valence-electron chi connectivity index (χ4n) is 2.35. The van der Waals surface area contributed by atoms with Crippen LogP contribution in [0.2, 0.25) is 0 Å². The van der Waals surface area contributed by atoms with Gasteiger partial charge in [-0.3, -0.25) is 0 Å². The molecule has 0 radical (unpaired) electrons. The van der Waals surface area contributed by atoms with Gasteiger partial charge in [0.25, 0.3) is 0 Å². The van der Waals surface area contributed by atoms with E-state index in [-0.39, 0.29) is 0 Å². The Labute approximate surface area is 117 Å². The molecular formula is C14H18N4S. The Morgan fingerprint density at radius 1 is 1.16 bits per heavy atom. The van der Waals surface area contributed by atoms with Crippen molar-refractivity contribution in [3.05, 3.63) is 24.3 Å². The third kappa shape index (κ3) is 2.71. The number of hydrogen-bond donors (Lipinski definition) is 1. The molecule has 1 aromatic heterocycles. The van der Waals surface area contributed by atoms with Gasteiger partial charge in [-0.15, -0.1) is 10.2 Å². The van der Waals surface area contributed by atoms with E-state index in [2.05, 4.69) is 38.6 Å². The second-order valence-corrected chi connectivity index (χ2v) is 5.72. The van der Waals surface area contributed by atoms with Gasteiger partial charge in [-0.25, -0.2) is 0 Å². The van der Waals surface area contributed by atoms with Crippen molar-refractivity contribution in [3.8, 4) is 10.6 Å². The summed E-state index contributed by atoms with van der Waals surface area (Å²) in [5.74, 6) is 0. The molecule has 2 aromatic rings. The van der Waals surface area contributed by atoms with Gasteiger partial charge in [-0.2, -0.15) is 0 Å². The Morgan fingerprint density at radius 2 is 2.00 bits per heavy atom. The number of aromatic nitrogens is 2. The average Bonchev–Trinajstić information content (AvgIpc) is 2.98. The van der Waals surface area contributed by atoms with Crippen LogP contribution in [0.5, 0.6) is 0 Å². The summed E-state index contributed by atoms with van der Waals surface area (Å²) in [6, 6.07) is 8.29. The average molecular weight is 274 g/mol. The maximum Gasteiger partial charge on any atom is 0.208 e. The third-order valence-corrected chi connectivity index (χ3v) is 4.47. The Balaban J connectivity index is 1.83. The largest absolute Gasteiger partial charge is 0.388 e. The predicted molar refractivity (Wildman–Crippen MR) is 81.0 cm³/mol. The minimum atomic E-state index is 0.998. The lowest BCUT2D eigenvalue weighted by Gasteiger charge is -2.25. The minimum Gasteiger partial charge on any atom is -0.388 e. The lowest BCUT2D eigenvalue weighted by atomic mass is 10.1. The number of nitrogens with zero attached hydrogens (tertiary/aromatic N) is 3. The minimum absolute atomic E-state index is 0.998. The Hall–Kier alpha value is -1.62. The maximum absolute atomic E-state index is 4.35. The number of rotatable bonds is 3. The maximum atomic E-state index is 4.35. The molecule has 1 fully saturated rings. The Morgan fingerprint density at radius 3 is 2.79 bits per heavy atom. The highest BCUT2D eigenvalue weighted by Crippen LogP contribution is 2.31. The van der Waals surface area contributed by atoms with Gasteiger partial charge in [0.2, 0.25) is 5.13 Å². The number of piperidine rings is 1. The first-order valence-electron chi connectivity index (χ1n) is 6.73. The Bertz CT molecular complexity index is 546. The number of hydrogen-bond acceptors (Lipinski definition) is 5. The molecular weight excluding hydrogens is 256 g/mol. The van der Waals surface area contributed by atoms with Crippen LogP contribution >= 0.6 is 11.3 Å². The molecule has 0 amide bonds. The van der Waals surface area contributed by atoms with Crippen LogP contribution in [0.3, 0.4) is 0 Å². The summed E-state index contributed by atoms with van der Waals surface area (Å²) in [5, 5.41) is 13.9. The molecule has 19 heavy (non-hydrogen) atoms. The van der Waals surface area contributed by atoms with Crippen molar-refractivity contribution in [2.24, 2.45) is 0 Å². The van der Waals surface area contributed by atoms with Crippen LogP contribution in [0.15, 0.2) is 24.3 Å². The van der Waals surface area contributed by atoms with E-state index in [0.717, 1.165) is 34.5 Å². The molecule has 0 aliphatic carbocycles. The smallest absolute Gasteiger partial charge is 0.208 e. The van der Waals surface area contributed by atoms with Crippen LogP contribution in [-0.2, 0) is 0 Å². The summed E-state index contributed by atoms with van der Waals surface area (Å²) in [5.41, 5.74) is 2.24. The van der Waals surface area contributed by atoms with Crippen LogP contribution in [0, 0.1) is 0 Å². The molecule has 1 N–H and O–H groups in total. The van der Waals surface area contributed by atoms with E-state index in [1.807, 2.05) is 13.1 Å². The third-order valence-electron chi connectivity index (χ3n) is 3.44. The van der Waals surface area contributed by atoms with Crippen molar-refractivity contribution < 1.29 is 0 Å². The van der Waals surface area contributed by atoms with Gasteiger partial charge in [-0.1, -0.05) is 23.5 Å². The van der Waals surface area contributed by atoms with Gasteiger partial charge in [-0.05, 0) is 31.4 Å². The number of benzene rings is 1. The van der Waals surface area contributed by atoms with Crippen molar-refractivity contribution in [2.75, 3.05) is 30.4 Å². The standard InChI is InChI=1S/C14H18N4S/c1-15-12-7-5-6-11(10-12)13-16-17-14(19-13)18-8-3-2-4-9-18/h5-7,10,15H,2-4,8-9H2,1H3. The monoisotopic (exact) mass is 274 g/mol. The van der Waals surface area contributed by atoms with Crippen LogP contribution in [0.25, 0.3) is 10.6 Å². The molecule has 3 rings (SSSR count). The molecule has 4 nitrogen and oxygen atoms in total. The predicted octanol–water partition coefficient (Wildman–Crippen LogP) is 3.24. The molecule has 100 valence electrons. The molecule has 0 atom stereocenters. The van der Waals surface area contributed by atoms with Crippen molar-refractivity contribution in [1.29, 1.82) is 0 Å². The van der Waals surface area contributed by atoms with Gasteiger partial charge >= 0.3 is 0 Å². The molecule has 5 heteroatoms. The van der Waals surface area contributed by atoms with E-state index in [9.17, 15) is 0 Å². The van der Waals surface area contributed by atoms with Gasteiger partial charge in [0, 0.05) is 31.4 Å². The van der Waals surface area contributed by atoms with Crippen molar-refractivity contribution in [2.45, 2.75) is 19.3 Å². The van der Waals surface area contributed by atoms with Gasteiger partial charge in [0.15, 0.2) is 0 Å². The van der Waals surface area contributed by atoms with Gasteiger partial charge < -0.3 is 10.2 Å². The van der Waals surface area contributed by atoms with E-state index in [4.69, 9.17) is 0 Å². The van der Waals surface area contributed by atoms with Crippen molar-refractivity contribution >= 4 is 22.2 Å². The van der Waals surface area contributed by atoms with E-state index in [0.29, 0.717) is 0 Å². The highest BCUT2D eigenvalue weighted by atomic mass is 32.1. The van der Waals surface area contributed by atoms with E-state index in [1.54, 1.807) is 11.3 Å². The molecule has 0 spiro atoms. The van der Waals surface area contributed by atoms with Gasteiger partial charge in [0.1, 0.15) is 5.01 Å². The molecule has 1 aliphatic rings. The zero-order valence-electron chi connectivity index (χ0n) is 11.1. The molecule has 1 aliphatic heterocycles. The highest BCUT2D eigenvalue weighted by molar-refractivity contribution is 7.18. The highest BCUT2D eigenvalue weighted by Gasteiger charge is 2.16. The van der Waals surface area contributed by atoms with Crippen LogP contribution in [0.1, 0.15) is 19.3 Å². The molecule has 1 saturated heterocycles. The second kappa shape index (κ2) is 5.57. The SMILES string of the molecule is CNc1cccc(-c2nnc(N3CCCCC3)s2)c1. The molecule has 1 aromatic carbocycles. The zero-order valence-corrected chi connectivity index (χ0v) is 11.9. The van der Waals surface area contributed by atoms with Crippen LogP contribution in [0.4, 0.5) is 10.8 Å². The van der Waals surface area contributed by atoms with Crippen LogP contribution < -0.4 is 10.2 Å². The van der Waals surface area contributed by atoms with Gasteiger partial charge in [0.05, 0.1) is 0 Å². The summed E-state index contributed by atoms with van der Waals surface area (Å²) in [6.07, 6.45) is 3.88. The molecule has 0 unspecified atom stereocenters. The first-order chi connectivity index (χ1) is 9.36. The Kier molecular flexibility index (Phi) is 3.64. The molecule has 0 bridgehead atoms. The number of nitrogens with one attached hydrogen (secondary N) is 1.